The molecule has 1 fully saturated rings. The van der Waals surface area contributed by atoms with Crippen LogP contribution in [-0.2, 0) is 0 Å². The number of ketones is 2. The van der Waals surface area contributed by atoms with Gasteiger partial charge < -0.3 is 14.7 Å². The number of aliphatic hydroxyl groups excluding tert-OH is 1. The number of rotatable bonds is 8. The number of hydrogen-bond donors (Lipinski definition) is 1. The van der Waals surface area contributed by atoms with Gasteiger partial charge >= 0.3 is 0 Å². The fourth-order valence-electron chi connectivity index (χ4n) is 5.36. The monoisotopic (exact) mass is 486 g/mol. The number of carbonyl (C=O) groups is 2. The molecule has 0 spiro atoms. The van der Waals surface area contributed by atoms with Crippen LogP contribution in [0.5, 0.6) is 5.75 Å². The summed E-state index contributed by atoms with van der Waals surface area (Å²) in [4.78, 5) is 30.9. The van der Waals surface area contributed by atoms with Crippen molar-refractivity contribution in [1.29, 1.82) is 0 Å². The van der Waals surface area contributed by atoms with Gasteiger partial charge in [-0.1, -0.05) is 42.5 Å². The molecule has 0 bridgehead atoms. The summed E-state index contributed by atoms with van der Waals surface area (Å²) >= 11 is 0. The maximum atomic E-state index is 13.2. The zero-order valence-electron chi connectivity index (χ0n) is 21.1. The Hall–Kier alpha value is -3.06. The highest BCUT2D eigenvalue weighted by Gasteiger charge is 2.35. The maximum Gasteiger partial charge on any atom is 0.174 e. The summed E-state index contributed by atoms with van der Waals surface area (Å²) in [5.74, 6) is 0.0882. The van der Waals surface area contributed by atoms with Crippen LogP contribution < -0.4 is 4.74 Å². The topological polar surface area (TPSA) is 70.1 Å². The minimum Gasteiger partial charge on any atom is -0.491 e. The first kappa shape index (κ1) is 24.6. The summed E-state index contributed by atoms with van der Waals surface area (Å²) < 4.78 is 5.79. The normalized spacial score (nSPS) is 18.1. The molecule has 36 heavy (non-hydrogen) atoms. The molecule has 3 aromatic carbocycles. The van der Waals surface area contributed by atoms with Crippen LogP contribution in [0, 0.1) is 19.8 Å². The summed E-state index contributed by atoms with van der Waals surface area (Å²) in [5, 5.41) is 12.2. The molecule has 0 amide bonds. The Labute approximate surface area is 212 Å². The van der Waals surface area contributed by atoms with Crippen LogP contribution in [0.4, 0.5) is 0 Å². The third kappa shape index (κ3) is 5.07. The highest BCUT2D eigenvalue weighted by atomic mass is 16.5. The average Bonchev–Trinajstić information content (AvgIpc) is 2.88. The summed E-state index contributed by atoms with van der Waals surface area (Å²) in [5.41, 5.74) is 3.75. The first-order chi connectivity index (χ1) is 17.4. The van der Waals surface area contributed by atoms with Gasteiger partial charge in [0.05, 0.1) is 5.92 Å². The van der Waals surface area contributed by atoms with E-state index in [9.17, 15) is 14.7 Å². The Morgan fingerprint density at radius 3 is 2.17 bits per heavy atom. The molecule has 0 radical (unpaired) electrons. The highest BCUT2D eigenvalue weighted by molar-refractivity contribution is 6.29. The molecule has 1 aliphatic heterocycles. The van der Waals surface area contributed by atoms with Crippen LogP contribution in [0.2, 0.25) is 0 Å². The molecule has 0 saturated carbocycles. The summed E-state index contributed by atoms with van der Waals surface area (Å²) in [6, 6.07) is 17.4. The first-order valence-electron chi connectivity index (χ1n) is 12.8. The van der Waals surface area contributed by atoms with Gasteiger partial charge in [0, 0.05) is 49.2 Å². The highest BCUT2D eigenvalue weighted by Crippen LogP contribution is 2.33. The second-order valence-corrected chi connectivity index (χ2v) is 10.1. The Kier molecular flexibility index (Phi) is 7.19. The second-order valence-electron chi connectivity index (χ2n) is 10.1. The van der Waals surface area contributed by atoms with Crippen LogP contribution in [0.15, 0.2) is 54.6 Å². The number of ether oxygens (including phenoxy) is 1. The van der Waals surface area contributed by atoms with E-state index in [0.29, 0.717) is 30.6 Å². The van der Waals surface area contributed by atoms with E-state index in [1.165, 1.54) is 11.1 Å². The van der Waals surface area contributed by atoms with E-state index in [4.69, 9.17) is 4.74 Å². The van der Waals surface area contributed by atoms with Gasteiger partial charge in [0.25, 0.3) is 0 Å². The lowest BCUT2D eigenvalue weighted by atomic mass is 9.78. The van der Waals surface area contributed by atoms with Gasteiger partial charge in [-0.25, -0.2) is 0 Å². The minimum absolute atomic E-state index is 0.0465. The number of aryl methyl sites for hydroxylation is 2. The zero-order valence-corrected chi connectivity index (χ0v) is 21.1. The molecular weight excluding hydrogens is 452 g/mol. The third-order valence-corrected chi connectivity index (χ3v) is 7.66. The summed E-state index contributed by atoms with van der Waals surface area (Å²) in [6.45, 7) is 9.06. The third-order valence-electron chi connectivity index (χ3n) is 7.66. The van der Waals surface area contributed by atoms with Gasteiger partial charge in [-0.2, -0.15) is 0 Å². The lowest BCUT2D eigenvalue weighted by Crippen LogP contribution is -2.49. The number of β-amino-alcohol motifs (C(OH)–C–C–N with tert-alkyl or cyclic N) is 1. The van der Waals surface area contributed by atoms with E-state index in [1.807, 2.05) is 54.6 Å². The number of hydrogen-bond acceptors (Lipinski definition) is 6. The number of benzene rings is 3. The number of Topliss-reactive ketones (excluding diaryl/α,β-unsaturated/α-hetero) is 2. The van der Waals surface area contributed by atoms with E-state index in [-0.39, 0.29) is 18.2 Å². The Balaban J connectivity index is 1.09. The Morgan fingerprint density at radius 1 is 0.889 bits per heavy atom. The molecule has 2 aliphatic rings. The van der Waals surface area contributed by atoms with Crippen molar-refractivity contribution in [2.45, 2.75) is 26.4 Å². The number of aliphatic hydroxyl groups is 1. The Bertz CT molecular complexity index is 1230. The minimum atomic E-state index is -0.604. The van der Waals surface area contributed by atoms with Crippen LogP contribution in [0.25, 0.3) is 10.8 Å². The van der Waals surface area contributed by atoms with E-state index in [2.05, 4.69) is 23.6 Å². The molecule has 6 nitrogen and oxygen atoms in total. The van der Waals surface area contributed by atoms with Crippen molar-refractivity contribution in [3.63, 3.8) is 0 Å². The summed E-state index contributed by atoms with van der Waals surface area (Å²) in [7, 11) is 0. The molecule has 188 valence electrons. The van der Waals surface area contributed by atoms with Crippen molar-refractivity contribution < 1.29 is 19.4 Å². The van der Waals surface area contributed by atoms with Crippen molar-refractivity contribution in [3.05, 3.63) is 76.9 Å². The average molecular weight is 487 g/mol. The SMILES string of the molecule is Cc1ccc(OCC(O)CN2CCN(CCC3C(=O)c4cccc5cccc(c45)C3=O)CC2)cc1C. The predicted molar refractivity (Wildman–Crippen MR) is 141 cm³/mol. The number of carbonyl (C=O) groups excluding carboxylic acids is 2. The van der Waals surface area contributed by atoms with Crippen molar-refractivity contribution in [2.24, 2.45) is 5.92 Å². The van der Waals surface area contributed by atoms with Gasteiger partial charge in [-0.05, 0) is 55.5 Å². The first-order valence-corrected chi connectivity index (χ1v) is 12.8. The molecule has 6 heteroatoms. The molecule has 1 heterocycles. The van der Waals surface area contributed by atoms with Crippen LogP contribution >= 0.6 is 0 Å². The molecule has 3 aromatic rings. The van der Waals surface area contributed by atoms with E-state index in [1.54, 1.807) is 0 Å². The zero-order chi connectivity index (χ0) is 25.2. The van der Waals surface area contributed by atoms with Crippen LogP contribution in [0.3, 0.4) is 0 Å². The molecule has 1 unspecified atom stereocenters. The maximum absolute atomic E-state index is 13.2. The Morgan fingerprint density at radius 2 is 1.53 bits per heavy atom. The van der Waals surface area contributed by atoms with Crippen LogP contribution in [0.1, 0.15) is 38.3 Å². The molecule has 1 atom stereocenters. The molecular formula is C30H34N2O4. The lowest BCUT2D eigenvalue weighted by Gasteiger charge is -2.36. The molecule has 1 N–H and O–H groups in total. The summed E-state index contributed by atoms with van der Waals surface area (Å²) in [6.07, 6.45) is -0.0205. The van der Waals surface area contributed by atoms with E-state index >= 15 is 0 Å². The van der Waals surface area contributed by atoms with Gasteiger partial charge in [-0.3, -0.25) is 14.5 Å². The smallest absolute Gasteiger partial charge is 0.174 e. The van der Waals surface area contributed by atoms with Crippen molar-refractivity contribution in [2.75, 3.05) is 45.9 Å². The van der Waals surface area contributed by atoms with Gasteiger partial charge in [0.15, 0.2) is 11.6 Å². The van der Waals surface area contributed by atoms with E-state index in [0.717, 1.165) is 42.7 Å². The molecule has 5 rings (SSSR count). The number of nitrogens with zero attached hydrogens (tertiary/aromatic N) is 2. The fourth-order valence-corrected chi connectivity index (χ4v) is 5.36. The fraction of sp³-hybridized carbons (Fsp3) is 0.400. The second kappa shape index (κ2) is 10.5. The predicted octanol–water partition coefficient (Wildman–Crippen LogP) is 3.90. The molecule has 0 aromatic heterocycles. The molecule has 1 saturated heterocycles. The van der Waals surface area contributed by atoms with Crippen molar-refractivity contribution in [3.8, 4) is 5.75 Å². The quantitative estimate of drug-likeness (QED) is 0.487. The van der Waals surface area contributed by atoms with Crippen molar-refractivity contribution >= 4 is 22.3 Å². The van der Waals surface area contributed by atoms with Crippen LogP contribution in [-0.4, -0.2) is 78.5 Å². The lowest BCUT2D eigenvalue weighted by molar-refractivity contribution is 0.0445. The van der Waals surface area contributed by atoms with Gasteiger partial charge in [0.1, 0.15) is 18.5 Å². The van der Waals surface area contributed by atoms with Gasteiger partial charge in [-0.15, -0.1) is 0 Å². The van der Waals surface area contributed by atoms with Gasteiger partial charge in [0.2, 0.25) is 0 Å². The largest absolute Gasteiger partial charge is 0.491 e. The molecule has 1 aliphatic carbocycles. The van der Waals surface area contributed by atoms with Crippen molar-refractivity contribution in [1.82, 2.24) is 9.80 Å². The standard InChI is InChI=1S/C30H34N2O4/c1-20-9-10-24(17-21(20)2)36-19-23(33)18-32-15-13-31(14-16-32)12-11-27-29(34)25-7-3-5-22-6-4-8-26(28(22)25)30(27)35/h3-10,17,23,27,33H,11-16,18-19H2,1-2H3. The number of piperazine rings is 1. The van der Waals surface area contributed by atoms with E-state index < -0.39 is 12.0 Å².